The molecule has 12 heavy (non-hydrogen) atoms. The van der Waals surface area contributed by atoms with Crippen molar-refractivity contribution in [2.45, 2.75) is 25.7 Å². The molecule has 0 fully saturated rings. The standard InChI is InChI=1S/C5H13N2O4P/c1-3(6)5(8)7-4(2)12(9,10)11/h3-4H,6H2,1-2H3,(H,7,8)(H2,9,10,11)/t3-,4-/m0/s1. The van der Waals surface area contributed by atoms with E-state index in [0.29, 0.717) is 0 Å². The summed E-state index contributed by atoms with van der Waals surface area (Å²) in [5, 5.41) is 2.09. The first-order valence-electron chi connectivity index (χ1n) is 3.36. The molecule has 0 aliphatic carbocycles. The maximum Gasteiger partial charge on any atom is 0.347 e. The molecule has 0 aromatic carbocycles. The number of amides is 1. The van der Waals surface area contributed by atoms with Crippen molar-refractivity contribution in [3.63, 3.8) is 0 Å². The summed E-state index contributed by atoms with van der Waals surface area (Å²) in [6.45, 7) is 2.66. The summed E-state index contributed by atoms with van der Waals surface area (Å²) in [6.07, 6.45) is 0. The van der Waals surface area contributed by atoms with Crippen LogP contribution < -0.4 is 11.1 Å². The van der Waals surface area contributed by atoms with Gasteiger partial charge in [0.25, 0.3) is 0 Å². The minimum atomic E-state index is -4.24. The van der Waals surface area contributed by atoms with E-state index in [4.69, 9.17) is 15.5 Å². The van der Waals surface area contributed by atoms with Crippen molar-refractivity contribution in [2.75, 3.05) is 0 Å². The fourth-order valence-electron chi connectivity index (χ4n) is 0.421. The molecule has 0 unspecified atom stereocenters. The van der Waals surface area contributed by atoms with Crippen LogP contribution in [0.4, 0.5) is 0 Å². The molecule has 0 bridgehead atoms. The van der Waals surface area contributed by atoms with Crippen LogP contribution in [-0.4, -0.2) is 27.5 Å². The van der Waals surface area contributed by atoms with Gasteiger partial charge in [0.05, 0.1) is 6.04 Å². The van der Waals surface area contributed by atoms with Gasteiger partial charge in [-0.25, -0.2) is 0 Å². The van der Waals surface area contributed by atoms with Crippen LogP contribution in [0.15, 0.2) is 0 Å². The van der Waals surface area contributed by atoms with Crippen LogP contribution in [0, 0.1) is 0 Å². The number of nitrogens with two attached hydrogens (primary N) is 1. The third-order valence-electron chi connectivity index (χ3n) is 1.27. The SMILES string of the molecule is C[C@H](N)C(=O)N[C@H](C)P(=O)(O)O. The zero-order valence-corrected chi connectivity index (χ0v) is 7.78. The predicted molar refractivity (Wildman–Crippen MR) is 43.3 cm³/mol. The fourth-order valence-corrected chi connectivity index (χ4v) is 0.717. The summed E-state index contributed by atoms with van der Waals surface area (Å²) in [5.74, 6) is -1.76. The van der Waals surface area contributed by atoms with E-state index in [0.717, 1.165) is 0 Å². The molecular formula is C5H13N2O4P. The van der Waals surface area contributed by atoms with Crippen molar-refractivity contribution in [2.24, 2.45) is 5.73 Å². The van der Waals surface area contributed by atoms with Crippen molar-refractivity contribution < 1.29 is 19.1 Å². The lowest BCUT2D eigenvalue weighted by molar-refractivity contribution is -0.122. The highest BCUT2D eigenvalue weighted by Gasteiger charge is 2.26. The van der Waals surface area contributed by atoms with Gasteiger partial charge >= 0.3 is 7.60 Å². The monoisotopic (exact) mass is 196 g/mol. The first-order chi connectivity index (χ1) is 5.25. The van der Waals surface area contributed by atoms with Crippen molar-refractivity contribution in [1.29, 1.82) is 0 Å². The Kier molecular flexibility index (Phi) is 3.86. The Labute approximate surface area is 70.3 Å². The van der Waals surface area contributed by atoms with Gasteiger partial charge in [-0.2, -0.15) is 0 Å². The molecule has 7 heteroatoms. The van der Waals surface area contributed by atoms with E-state index in [1.165, 1.54) is 13.8 Å². The lowest BCUT2D eigenvalue weighted by atomic mass is 10.3. The molecule has 0 radical (unpaired) electrons. The number of hydrogen-bond donors (Lipinski definition) is 4. The van der Waals surface area contributed by atoms with Crippen LogP contribution in [0.1, 0.15) is 13.8 Å². The molecule has 0 aromatic rings. The molecule has 0 aliphatic heterocycles. The lowest BCUT2D eigenvalue weighted by Gasteiger charge is -2.16. The van der Waals surface area contributed by atoms with Crippen LogP contribution in [0.25, 0.3) is 0 Å². The third-order valence-corrected chi connectivity index (χ3v) is 2.41. The minimum Gasteiger partial charge on any atom is -0.341 e. The van der Waals surface area contributed by atoms with E-state index >= 15 is 0 Å². The van der Waals surface area contributed by atoms with Gasteiger partial charge in [0, 0.05) is 0 Å². The van der Waals surface area contributed by atoms with Gasteiger partial charge in [0.15, 0.2) is 0 Å². The smallest absolute Gasteiger partial charge is 0.341 e. The minimum absolute atomic E-state index is 0.578. The van der Waals surface area contributed by atoms with E-state index in [1.54, 1.807) is 0 Å². The molecule has 0 saturated carbocycles. The molecule has 0 saturated heterocycles. The van der Waals surface area contributed by atoms with Gasteiger partial charge in [0.2, 0.25) is 5.91 Å². The summed E-state index contributed by atoms with van der Waals surface area (Å²) < 4.78 is 10.5. The van der Waals surface area contributed by atoms with Crippen LogP contribution in [-0.2, 0) is 9.36 Å². The van der Waals surface area contributed by atoms with Crippen LogP contribution in [0.3, 0.4) is 0 Å². The zero-order chi connectivity index (χ0) is 9.94. The number of carbonyl (C=O) groups excluding carboxylic acids is 1. The Morgan fingerprint density at radius 2 is 1.92 bits per heavy atom. The van der Waals surface area contributed by atoms with E-state index in [9.17, 15) is 9.36 Å². The maximum atomic E-state index is 10.8. The van der Waals surface area contributed by atoms with E-state index in [2.05, 4.69) is 5.32 Å². The molecule has 72 valence electrons. The molecule has 1 amide bonds. The second-order valence-corrected chi connectivity index (χ2v) is 4.52. The predicted octanol–water partition coefficient (Wildman–Crippen LogP) is -1.03. The maximum absolute atomic E-state index is 10.8. The van der Waals surface area contributed by atoms with Gasteiger partial charge in [-0.1, -0.05) is 0 Å². The molecule has 0 aromatic heterocycles. The number of rotatable bonds is 3. The van der Waals surface area contributed by atoms with E-state index < -0.39 is 25.3 Å². The summed E-state index contributed by atoms with van der Waals surface area (Å²) in [4.78, 5) is 28.0. The highest BCUT2D eigenvalue weighted by Crippen LogP contribution is 2.38. The topological polar surface area (TPSA) is 113 Å². The van der Waals surface area contributed by atoms with Gasteiger partial charge in [-0.15, -0.1) is 0 Å². The molecule has 5 N–H and O–H groups in total. The molecule has 0 heterocycles. The largest absolute Gasteiger partial charge is 0.347 e. The highest BCUT2D eigenvalue weighted by atomic mass is 31.2. The van der Waals surface area contributed by atoms with E-state index in [1.807, 2.05) is 0 Å². The van der Waals surface area contributed by atoms with E-state index in [-0.39, 0.29) is 0 Å². The lowest BCUT2D eigenvalue weighted by Crippen LogP contribution is -2.42. The first kappa shape index (κ1) is 11.6. The molecule has 0 rings (SSSR count). The normalized spacial score (nSPS) is 16.8. The average Bonchev–Trinajstić information content (AvgIpc) is 1.85. The van der Waals surface area contributed by atoms with Gasteiger partial charge in [-0.05, 0) is 13.8 Å². The number of carbonyl (C=O) groups is 1. The van der Waals surface area contributed by atoms with Crippen molar-refractivity contribution in [3.8, 4) is 0 Å². The van der Waals surface area contributed by atoms with Crippen LogP contribution >= 0.6 is 7.60 Å². The molecule has 0 aliphatic rings. The molecule has 0 spiro atoms. The van der Waals surface area contributed by atoms with Crippen LogP contribution in [0.5, 0.6) is 0 Å². The van der Waals surface area contributed by atoms with Gasteiger partial charge in [0.1, 0.15) is 5.78 Å². The summed E-state index contributed by atoms with van der Waals surface area (Å²) in [7, 11) is -4.24. The zero-order valence-electron chi connectivity index (χ0n) is 6.89. The second kappa shape index (κ2) is 4.00. The van der Waals surface area contributed by atoms with Crippen LogP contribution in [0.2, 0.25) is 0 Å². The quantitative estimate of drug-likeness (QED) is 0.431. The molecule has 2 atom stereocenters. The molecule has 6 nitrogen and oxygen atoms in total. The fraction of sp³-hybridized carbons (Fsp3) is 0.800. The van der Waals surface area contributed by atoms with Crippen molar-refractivity contribution in [1.82, 2.24) is 5.32 Å². The second-order valence-electron chi connectivity index (χ2n) is 2.56. The Morgan fingerprint density at radius 1 is 1.50 bits per heavy atom. The summed E-state index contributed by atoms with van der Waals surface area (Å²) in [5.41, 5.74) is 5.16. The number of hydrogen-bond acceptors (Lipinski definition) is 3. The van der Waals surface area contributed by atoms with Gasteiger partial charge in [-0.3, -0.25) is 9.36 Å². The van der Waals surface area contributed by atoms with Crippen molar-refractivity contribution in [3.05, 3.63) is 0 Å². The Morgan fingerprint density at radius 3 is 2.17 bits per heavy atom. The number of nitrogens with one attached hydrogen (secondary N) is 1. The molecular weight excluding hydrogens is 183 g/mol. The summed E-state index contributed by atoms with van der Waals surface area (Å²) >= 11 is 0. The average molecular weight is 196 g/mol. The highest BCUT2D eigenvalue weighted by molar-refractivity contribution is 7.52. The third kappa shape index (κ3) is 3.82. The Hall–Kier alpha value is -0.420. The Balaban J connectivity index is 4.11. The van der Waals surface area contributed by atoms with Gasteiger partial charge < -0.3 is 20.8 Å². The first-order valence-corrected chi connectivity index (χ1v) is 5.04. The summed E-state index contributed by atoms with van der Waals surface area (Å²) in [6, 6.07) is -0.765. The van der Waals surface area contributed by atoms with Crippen molar-refractivity contribution >= 4 is 13.5 Å². The Bertz CT molecular complexity index is 211.